The molecule has 60 valence electrons. The molecule has 1 fully saturated rings. The highest BCUT2D eigenvalue weighted by molar-refractivity contribution is 5.80. The van der Waals surface area contributed by atoms with E-state index in [1.165, 1.54) is 0 Å². The summed E-state index contributed by atoms with van der Waals surface area (Å²) in [6.07, 6.45) is 7.01. The van der Waals surface area contributed by atoms with Crippen molar-refractivity contribution in [2.45, 2.75) is 18.9 Å². The standard InChI is InChI=1S/C8H12N2O/c1-2-5-10-6-3-4-7(10)8(9)11/h1,7H,3-6H2,(H2,9,11)/t7-/m0/s1. The quantitative estimate of drug-likeness (QED) is 0.546. The van der Waals surface area contributed by atoms with E-state index in [1.807, 2.05) is 4.90 Å². The van der Waals surface area contributed by atoms with E-state index in [0.717, 1.165) is 19.4 Å². The van der Waals surface area contributed by atoms with Crippen molar-refractivity contribution >= 4 is 5.91 Å². The van der Waals surface area contributed by atoms with Crippen LogP contribution in [-0.4, -0.2) is 29.9 Å². The summed E-state index contributed by atoms with van der Waals surface area (Å²) in [5.41, 5.74) is 5.17. The van der Waals surface area contributed by atoms with Crippen LogP contribution in [0.4, 0.5) is 0 Å². The molecule has 1 amide bonds. The number of rotatable bonds is 2. The molecule has 0 aromatic rings. The second kappa shape index (κ2) is 3.40. The van der Waals surface area contributed by atoms with Crippen LogP contribution in [0.25, 0.3) is 0 Å². The number of nitrogens with two attached hydrogens (primary N) is 1. The number of hydrogen-bond donors (Lipinski definition) is 1. The number of likely N-dealkylation sites (tertiary alicyclic amines) is 1. The molecule has 0 saturated carbocycles. The highest BCUT2D eigenvalue weighted by Gasteiger charge is 2.27. The zero-order valence-electron chi connectivity index (χ0n) is 6.42. The first-order valence-corrected chi connectivity index (χ1v) is 3.72. The fourth-order valence-electron chi connectivity index (χ4n) is 1.45. The van der Waals surface area contributed by atoms with Gasteiger partial charge in [0.05, 0.1) is 12.6 Å². The van der Waals surface area contributed by atoms with Crippen LogP contribution in [0.1, 0.15) is 12.8 Å². The van der Waals surface area contributed by atoms with Gasteiger partial charge in [0.1, 0.15) is 0 Å². The van der Waals surface area contributed by atoms with Gasteiger partial charge in [0.2, 0.25) is 5.91 Å². The van der Waals surface area contributed by atoms with Crippen LogP contribution in [0.5, 0.6) is 0 Å². The Balaban J connectivity index is 2.52. The second-order valence-electron chi connectivity index (χ2n) is 2.73. The Hall–Kier alpha value is -1.01. The van der Waals surface area contributed by atoms with Crippen molar-refractivity contribution in [3.8, 4) is 12.3 Å². The fourth-order valence-corrected chi connectivity index (χ4v) is 1.45. The van der Waals surface area contributed by atoms with Gasteiger partial charge < -0.3 is 5.73 Å². The van der Waals surface area contributed by atoms with Gasteiger partial charge in [-0.1, -0.05) is 5.92 Å². The topological polar surface area (TPSA) is 46.3 Å². The highest BCUT2D eigenvalue weighted by Crippen LogP contribution is 2.15. The van der Waals surface area contributed by atoms with Crippen LogP contribution < -0.4 is 5.73 Å². The lowest BCUT2D eigenvalue weighted by Crippen LogP contribution is -2.40. The monoisotopic (exact) mass is 152 g/mol. The Morgan fingerprint density at radius 1 is 1.82 bits per heavy atom. The molecule has 0 aromatic carbocycles. The molecule has 0 spiro atoms. The maximum absolute atomic E-state index is 10.8. The van der Waals surface area contributed by atoms with Crippen molar-refractivity contribution in [1.82, 2.24) is 4.90 Å². The van der Waals surface area contributed by atoms with E-state index in [9.17, 15) is 4.79 Å². The average molecular weight is 152 g/mol. The zero-order valence-corrected chi connectivity index (χ0v) is 6.42. The first-order valence-electron chi connectivity index (χ1n) is 3.72. The van der Waals surface area contributed by atoms with Crippen molar-refractivity contribution in [2.75, 3.05) is 13.1 Å². The molecule has 0 bridgehead atoms. The maximum Gasteiger partial charge on any atom is 0.234 e. The molecular formula is C8H12N2O. The summed E-state index contributed by atoms with van der Waals surface area (Å²) >= 11 is 0. The lowest BCUT2D eigenvalue weighted by Gasteiger charge is -2.18. The molecule has 3 heteroatoms. The van der Waals surface area contributed by atoms with Crippen LogP contribution >= 0.6 is 0 Å². The number of carbonyl (C=O) groups is 1. The summed E-state index contributed by atoms with van der Waals surface area (Å²) in [5, 5.41) is 0. The predicted molar refractivity (Wildman–Crippen MR) is 42.6 cm³/mol. The molecule has 1 rings (SSSR count). The number of hydrogen-bond acceptors (Lipinski definition) is 2. The predicted octanol–water partition coefficient (Wildman–Crippen LogP) is -0.431. The van der Waals surface area contributed by atoms with E-state index in [2.05, 4.69) is 5.92 Å². The van der Waals surface area contributed by atoms with Crippen molar-refractivity contribution in [3.05, 3.63) is 0 Å². The Morgan fingerprint density at radius 3 is 3.09 bits per heavy atom. The fraction of sp³-hybridized carbons (Fsp3) is 0.625. The van der Waals surface area contributed by atoms with Gasteiger partial charge in [0, 0.05) is 0 Å². The van der Waals surface area contributed by atoms with Gasteiger partial charge in [0.25, 0.3) is 0 Å². The van der Waals surface area contributed by atoms with Gasteiger partial charge >= 0.3 is 0 Å². The van der Waals surface area contributed by atoms with Crippen LogP contribution in [0.3, 0.4) is 0 Å². The molecule has 3 nitrogen and oxygen atoms in total. The minimum absolute atomic E-state index is 0.119. The van der Waals surface area contributed by atoms with Crippen molar-refractivity contribution in [3.63, 3.8) is 0 Å². The van der Waals surface area contributed by atoms with Gasteiger partial charge in [-0.05, 0) is 19.4 Å². The smallest absolute Gasteiger partial charge is 0.234 e. The van der Waals surface area contributed by atoms with Gasteiger partial charge in [-0.3, -0.25) is 9.69 Å². The third-order valence-electron chi connectivity index (χ3n) is 1.99. The lowest BCUT2D eigenvalue weighted by atomic mass is 10.2. The summed E-state index contributed by atoms with van der Waals surface area (Å²) in [4.78, 5) is 12.7. The largest absolute Gasteiger partial charge is 0.368 e. The van der Waals surface area contributed by atoms with E-state index in [-0.39, 0.29) is 11.9 Å². The van der Waals surface area contributed by atoms with Gasteiger partial charge in [-0.25, -0.2) is 0 Å². The number of nitrogens with zero attached hydrogens (tertiary/aromatic N) is 1. The summed E-state index contributed by atoms with van der Waals surface area (Å²) in [6, 6.07) is -0.119. The molecule has 1 saturated heterocycles. The number of carbonyl (C=O) groups excluding carboxylic acids is 1. The van der Waals surface area contributed by atoms with Crippen molar-refractivity contribution in [1.29, 1.82) is 0 Å². The Kier molecular flexibility index (Phi) is 2.50. The Morgan fingerprint density at radius 2 is 2.55 bits per heavy atom. The van der Waals surface area contributed by atoms with E-state index < -0.39 is 0 Å². The lowest BCUT2D eigenvalue weighted by molar-refractivity contribution is -0.122. The van der Waals surface area contributed by atoms with Crippen LogP contribution in [0.15, 0.2) is 0 Å². The minimum Gasteiger partial charge on any atom is -0.368 e. The third-order valence-corrected chi connectivity index (χ3v) is 1.99. The van der Waals surface area contributed by atoms with E-state index in [1.54, 1.807) is 0 Å². The molecule has 0 aromatic heterocycles. The minimum atomic E-state index is -0.252. The Bertz CT molecular complexity index is 195. The second-order valence-corrected chi connectivity index (χ2v) is 2.73. The summed E-state index contributed by atoms with van der Waals surface area (Å²) in [5.74, 6) is 2.26. The molecule has 2 N–H and O–H groups in total. The molecule has 1 heterocycles. The number of amides is 1. The third kappa shape index (κ3) is 1.72. The maximum atomic E-state index is 10.8. The molecule has 1 aliphatic heterocycles. The van der Waals surface area contributed by atoms with Gasteiger partial charge in [0.15, 0.2) is 0 Å². The molecule has 1 aliphatic rings. The zero-order chi connectivity index (χ0) is 8.27. The Labute approximate surface area is 66.5 Å². The van der Waals surface area contributed by atoms with Crippen LogP contribution in [0.2, 0.25) is 0 Å². The van der Waals surface area contributed by atoms with Crippen LogP contribution in [0, 0.1) is 12.3 Å². The molecule has 0 radical (unpaired) electrons. The van der Waals surface area contributed by atoms with Crippen molar-refractivity contribution < 1.29 is 4.79 Å². The normalized spacial score (nSPS) is 24.8. The summed E-state index contributed by atoms with van der Waals surface area (Å²) in [6.45, 7) is 1.44. The van der Waals surface area contributed by atoms with E-state index in [4.69, 9.17) is 12.2 Å². The summed E-state index contributed by atoms with van der Waals surface area (Å²) in [7, 11) is 0. The molecular weight excluding hydrogens is 140 g/mol. The highest BCUT2D eigenvalue weighted by atomic mass is 16.1. The van der Waals surface area contributed by atoms with E-state index >= 15 is 0 Å². The number of primary amides is 1. The van der Waals surface area contributed by atoms with Gasteiger partial charge in [-0.15, -0.1) is 6.42 Å². The molecule has 1 atom stereocenters. The van der Waals surface area contributed by atoms with Gasteiger partial charge in [-0.2, -0.15) is 0 Å². The SMILES string of the molecule is C#CCN1CCC[C@H]1C(N)=O. The first kappa shape index (κ1) is 8.09. The van der Waals surface area contributed by atoms with Crippen molar-refractivity contribution in [2.24, 2.45) is 5.73 Å². The molecule has 0 aliphatic carbocycles. The summed E-state index contributed by atoms with van der Waals surface area (Å²) < 4.78 is 0. The molecule has 0 unspecified atom stereocenters. The first-order chi connectivity index (χ1) is 5.25. The average Bonchev–Trinajstić information content (AvgIpc) is 2.36. The molecule has 11 heavy (non-hydrogen) atoms. The van der Waals surface area contributed by atoms with E-state index in [0.29, 0.717) is 6.54 Å². The number of terminal acetylenes is 1. The van der Waals surface area contributed by atoms with Crippen LogP contribution in [-0.2, 0) is 4.79 Å².